The molecule has 0 bridgehead atoms. The van der Waals surface area contributed by atoms with Crippen LogP contribution in [0, 0.1) is 13.8 Å². The molecule has 0 amide bonds. The van der Waals surface area contributed by atoms with Crippen LogP contribution < -0.4 is 0 Å². The molecule has 5 heteroatoms. The lowest BCUT2D eigenvalue weighted by atomic mass is 10.4. The molecule has 0 fully saturated rings. The second-order valence-corrected chi connectivity index (χ2v) is 8.75. The van der Waals surface area contributed by atoms with E-state index in [9.17, 15) is 4.79 Å². The van der Waals surface area contributed by atoms with Crippen LogP contribution >= 0.6 is 0 Å². The van der Waals surface area contributed by atoms with Crippen molar-refractivity contribution in [2.45, 2.75) is 33.5 Å². The van der Waals surface area contributed by atoms with Gasteiger partial charge < -0.3 is 4.43 Å². The van der Waals surface area contributed by atoms with Crippen molar-refractivity contribution in [3.63, 3.8) is 0 Å². The van der Waals surface area contributed by atoms with E-state index in [0.717, 1.165) is 11.4 Å². The fraction of sp³-hybridized carbons (Fsp3) is 0.556. The lowest BCUT2D eigenvalue weighted by Gasteiger charge is -2.17. The van der Waals surface area contributed by atoms with E-state index in [1.54, 1.807) is 0 Å². The molecule has 1 aromatic heterocycles. The second kappa shape index (κ2) is 3.57. The Morgan fingerprint density at radius 3 is 2.36 bits per heavy atom. The van der Waals surface area contributed by atoms with Crippen molar-refractivity contribution in [1.29, 1.82) is 0 Å². The smallest absolute Gasteiger partial charge is 0.421 e. The Balaban J connectivity index is 2.85. The highest BCUT2D eigenvalue weighted by Crippen LogP contribution is 2.08. The van der Waals surface area contributed by atoms with E-state index in [2.05, 4.69) is 5.10 Å². The molecule has 78 valence electrons. The summed E-state index contributed by atoms with van der Waals surface area (Å²) in [6, 6.07) is 1.85. The minimum Gasteiger partial charge on any atom is -0.503 e. The third kappa shape index (κ3) is 2.70. The number of hydrogen-bond acceptors (Lipinski definition) is 3. The molecular formula is C9H16N2O2Si. The summed E-state index contributed by atoms with van der Waals surface area (Å²) in [4.78, 5) is 11.6. The summed E-state index contributed by atoms with van der Waals surface area (Å²) in [5, 5.41) is 4.06. The molecule has 0 spiro atoms. The molecule has 0 aliphatic heterocycles. The molecule has 4 nitrogen and oxygen atoms in total. The number of carbonyl (C=O) groups is 1. The topological polar surface area (TPSA) is 44.1 Å². The summed E-state index contributed by atoms with van der Waals surface area (Å²) in [5.74, 6) is 0. The molecule has 1 rings (SSSR count). The maximum Gasteiger partial charge on any atom is 0.421 e. The summed E-state index contributed by atoms with van der Waals surface area (Å²) in [5.41, 5.74) is 1.64. The first-order chi connectivity index (χ1) is 6.29. The first kappa shape index (κ1) is 11.0. The van der Waals surface area contributed by atoms with Gasteiger partial charge in [-0.3, -0.25) is 0 Å². The van der Waals surface area contributed by atoms with Gasteiger partial charge in [-0.15, -0.1) is 0 Å². The minimum atomic E-state index is -1.83. The summed E-state index contributed by atoms with van der Waals surface area (Å²) in [6.07, 6.45) is -0.366. The largest absolute Gasteiger partial charge is 0.503 e. The summed E-state index contributed by atoms with van der Waals surface area (Å²) >= 11 is 0. The van der Waals surface area contributed by atoms with Crippen LogP contribution in [0.1, 0.15) is 11.4 Å². The lowest BCUT2D eigenvalue weighted by Crippen LogP contribution is -2.32. The second-order valence-electron chi connectivity index (χ2n) is 4.32. The highest BCUT2D eigenvalue weighted by molar-refractivity contribution is 6.71. The first-order valence-electron chi connectivity index (χ1n) is 4.56. The Morgan fingerprint density at radius 1 is 1.43 bits per heavy atom. The van der Waals surface area contributed by atoms with Crippen molar-refractivity contribution in [1.82, 2.24) is 9.78 Å². The van der Waals surface area contributed by atoms with Gasteiger partial charge in [0.05, 0.1) is 5.69 Å². The Morgan fingerprint density at radius 2 is 2.00 bits per heavy atom. The van der Waals surface area contributed by atoms with Crippen LogP contribution in [-0.2, 0) is 4.43 Å². The molecule has 1 heterocycles. The van der Waals surface area contributed by atoms with Crippen molar-refractivity contribution < 1.29 is 9.22 Å². The maximum atomic E-state index is 11.6. The van der Waals surface area contributed by atoms with E-state index in [0.29, 0.717) is 0 Å². The van der Waals surface area contributed by atoms with Crippen LogP contribution in [0.2, 0.25) is 19.6 Å². The summed E-state index contributed by atoms with van der Waals surface area (Å²) in [7, 11) is -1.83. The molecule has 0 aliphatic rings. The maximum absolute atomic E-state index is 11.6. The molecule has 0 aliphatic carbocycles. The monoisotopic (exact) mass is 212 g/mol. The van der Waals surface area contributed by atoms with E-state index in [-0.39, 0.29) is 6.09 Å². The first-order valence-corrected chi connectivity index (χ1v) is 7.97. The highest BCUT2D eigenvalue weighted by Gasteiger charge is 2.22. The molecule has 0 N–H and O–H groups in total. The molecule has 1 aromatic rings. The Kier molecular flexibility index (Phi) is 2.80. The average molecular weight is 212 g/mol. The Labute approximate surface area is 85.0 Å². The van der Waals surface area contributed by atoms with Crippen LogP contribution in [0.25, 0.3) is 0 Å². The number of hydrogen-bond donors (Lipinski definition) is 0. The van der Waals surface area contributed by atoms with Gasteiger partial charge in [0.2, 0.25) is 8.32 Å². The van der Waals surface area contributed by atoms with E-state index >= 15 is 0 Å². The van der Waals surface area contributed by atoms with Crippen LogP contribution in [0.5, 0.6) is 0 Å². The summed E-state index contributed by atoms with van der Waals surface area (Å²) in [6.45, 7) is 9.60. The standard InChI is InChI=1S/C9H16N2O2Si/c1-7-6-8(2)11(10-7)9(12)13-14(3,4)5/h6H,1-5H3. The van der Waals surface area contributed by atoms with Crippen LogP contribution in [-0.4, -0.2) is 24.2 Å². The average Bonchev–Trinajstić information content (AvgIpc) is 2.26. The third-order valence-electron chi connectivity index (χ3n) is 1.58. The SMILES string of the molecule is Cc1cc(C)n(C(=O)O[Si](C)(C)C)n1. The van der Waals surface area contributed by atoms with Crippen LogP contribution in [0.15, 0.2) is 6.07 Å². The number of aromatic nitrogens is 2. The van der Waals surface area contributed by atoms with E-state index in [4.69, 9.17) is 4.43 Å². The van der Waals surface area contributed by atoms with Gasteiger partial charge in [0.15, 0.2) is 0 Å². The van der Waals surface area contributed by atoms with Crippen molar-refractivity contribution in [3.05, 3.63) is 17.5 Å². The van der Waals surface area contributed by atoms with Crippen LogP contribution in [0.3, 0.4) is 0 Å². The number of rotatable bonds is 1. The molecular weight excluding hydrogens is 196 g/mol. The minimum absolute atomic E-state index is 0.366. The Bertz CT molecular complexity index is 352. The van der Waals surface area contributed by atoms with Gasteiger partial charge in [0.1, 0.15) is 0 Å². The fourth-order valence-corrected chi connectivity index (χ4v) is 1.73. The quantitative estimate of drug-likeness (QED) is 0.671. The third-order valence-corrected chi connectivity index (χ3v) is 2.36. The van der Waals surface area contributed by atoms with Crippen LogP contribution in [0.4, 0.5) is 4.79 Å². The number of carbonyl (C=O) groups excluding carboxylic acids is 1. The zero-order chi connectivity index (χ0) is 10.9. The molecule has 0 aromatic carbocycles. The zero-order valence-corrected chi connectivity index (χ0v) is 10.3. The van der Waals surface area contributed by atoms with Crippen molar-refractivity contribution in [2.75, 3.05) is 0 Å². The zero-order valence-electron chi connectivity index (χ0n) is 9.29. The molecule has 0 saturated carbocycles. The number of aryl methyl sites for hydroxylation is 2. The van der Waals surface area contributed by atoms with Gasteiger partial charge >= 0.3 is 6.09 Å². The van der Waals surface area contributed by atoms with Crippen molar-refractivity contribution >= 4 is 14.4 Å². The molecule has 14 heavy (non-hydrogen) atoms. The van der Waals surface area contributed by atoms with E-state index < -0.39 is 8.32 Å². The van der Waals surface area contributed by atoms with Gasteiger partial charge in [-0.25, -0.2) is 4.79 Å². The molecule has 0 unspecified atom stereocenters. The van der Waals surface area contributed by atoms with Gasteiger partial charge in [0, 0.05) is 5.69 Å². The number of nitrogens with zero attached hydrogens (tertiary/aromatic N) is 2. The predicted octanol–water partition coefficient (Wildman–Crippen LogP) is 2.32. The van der Waals surface area contributed by atoms with Gasteiger partial charge in [-0.2, -0.15) is 9.78 Å². The van der Waals surface area contributed by atoms with Gasteiger partial charge in [0.25, 0.3) is 0 Å². The van der Waals surface area contributed by atoms with Gasteiger partial charge in [-0.05, 0) is 39.6 Å². The summed E-state index contributed by atoms with van der Waals surface area (Å²) < 4.78 is 6.63. The Hall–Kier alpha value is -1.10. The molecule has 0 atom stereocenters. The van der Waals surface area contributed by atoms with E-state index in [1.807, 2.05) is 39.6 Å². The predicted molar refractivity (Wildman–Crippen MR) is 56.9 cm³/mol. The fourth-order valence-electron chi connectivity index (χ4n) is 1.12. The lowest BCUT2D eigenvalue weighted by molar-refractivity contribution is 0.196. The highest BCUT2D eigenvalue weighted by atomic mass is 28.4. The van der Waals surface area contributed by atoms with Gasteiger partial charge in [-0.1, -0.05) is 0 Å². The van der Waals surface area contributed by atoms with Crippen molar-refractivity contribution in [2.24, 2.45) is 0 Å². The molecule has 0 saturated heterocycles. The molecule has 0 radical (unpaired) electrons. The van der Waals surface area contributed by atoms with Crippen molar-refractivity contribution in [3.8, 4) is 0 Å². The normalized spacial score (nSPS) is 11.5. The van der Waals surface area contributed by atoms with E-state index in [1.165, 1.54) is 4.68 Å².